The van der Waals surface area contributed by atoms with E-state index in [1.807, 2.05) is 30.3 Å². The number of anilines is 2. The maximum atomic E-state index is 13.7. The normalized spacial score (nSPS) is 19.5. The number of unbranched alkanes of at least 4 members (excludes halogenated alkanes) is 1. The Balaban J connectivity index is 2.18. The molecule has 1 N–H and O–H groups in total. The van der Waals surface area contributed by atoms with Gasteiger partial charge in [0.1, 0.15) is 12.4 Å². The number of benzene rings is 2. The van der Waals surface area contributed by atoms with Gasteiger partial charge < -0.3 is 19.5 Å². The summed E-state index contributed by atoms with van der Waals surface area (Å²) < 4.78 is 38.3. The molecule has 0 aliphatic carbocycles. The van der Waals surface area contributed by atoms with Crippen LogP contribution >= 0.6 is 0 Å². The zero-order valence-electron chi connectivity index (χ0n) is 19.5. The lowest BCUT2D eigenvalue weighted by atomic mass is 9.81. The van der Waals surface area contributed by atoms with Gasteiger partial charge in [-0.25, -0.2) is 13.2 Å². The van der Waals surface area contributed by atoms with Crippen LogP contribution < -0.4 is 9.64 Å². The summed E-state index contributed by atoms with van der Waals surface area (Å²) in [5.41, 5.74) is 1.61. The number of carboxylic acids is 1. The van der Waals surface area contributed by atoms with Gasteiger partial charge in [0, 0.05) is 29.3 Å². The smallest absolute Gasteiger partial charge is 0.329 e. The predicted octanol–water partition coefficient (Wildman–Crippen LogP) is 4.81. The molecular formula is C25H33NO6S. The molecule has 8 heteroatoms. The number of carboxylic acid groups (broad SMARTS) is 1. The van der Waals surface area contributed by atoms with Crippen molar-refractivity contribution in [2.75, 3.05) is 30.9 Å². The van der Waals surface area contributed by atoms with E-state index >= 15 is 0 Å². The summed E-state index contributed by atoms with van der Waals surface area (Å²) in [6, 6.07) is 13.1. The number of rotatable bonds is 10. The van der Waals surface area contributed by atoms with Crippen LogP contribution in [-0.2, 0) is 26.0 Å². The molecule has 0 saturated carbocycles. The van der Waals surface area contributed by atoms with E-state index in [0.717, 1.165) is 31.4 Å². The van der Waals surface area contributed by atoms with Crippen LogP contribution in [0.3, 0.4) is 0 Å². The van der Waals surface area contributed by atoms with Crippen molar-refractivity contribution in [1.82, 2.24) is 0 Å². The number of sulfone groups is 1. The first-order chi connectivity index (χ1) is 15.7. The van der Waals surface area contributed by atoms with Crippen LogP contribution in [-0.4, -0.2) is 45.5 Å². The van der Waals surface area contributed by atoms with Crippen molar-refractivity contribution in [3.05, 3.63) is 48.0 Å². The number of hydrogen-bond acceptors (Lipinski definition) is 6. The number of hydrogen-bond donors (Lipinski definition) is 1. The van der Waals surface area contributed by atoms with E-state index in [4.69, 9.17) is 14.6 Å². The second kappa shape index (κ2) is 10.6. The Morgan fingerprint density at radius 3 is 2.52 bits per heavy atom. The largest absolute Gasteiger partial charge is 0.496 e. The lowest BCUT2D eigenvalue weighted by Gasteiger charge is -2.36. The summed E-state index contributed by atoms with van der Waals surface area (Å²) >= 11 is 0. The molecule has 0 radical (unpaired) electrons. The molecule has 2 aromatic carbocycles. The number of para-hydroxylation sites is 1. The van der Waals surface area contributed by atoms with Crippen molar-refractivity contribution in [3.63, 3.8) is 0 Å². The molecule has 0 saturated heterocycles. The van der Waals surface area contributed by atoms with E-state index in [0.29, 0.717) is 23.5 Å². The Morgan fingerprint density at radius 2 is 1.91 bits per heavy atom. The second-order valence-corrected chi connectivity index (χ2v) is 10.6. The Kier molecular flexibility index (Phi) is 8.02. The lowest BCUT2D eigenvalue weighted by molar-refractivity contribution is -0.142. The van der Waals surface area contributed by atoms with Crippen LogP contribution in [0.15, 0.2) is 47.4 Å². The predicted molar refractivity (Wildman–Crippen MR) is 128 cm³/mol. The SMILES string of the molecule is CCCC[C@@]1(CC)CN(c2ccccc2)c2cc(OC)c(COCC(=O)O)cc2S(=O)(=O)C1. The average Bonchev–Trinajstić information content (AvgIpc) is 2.90. The maximum absolute atomic E-state index is 13.7. The molecule has 0 spiro atoms. The van der Waals surface area contributed by atoms with E-state index in [2.05, 4.69) is 18.7 Å². The summed E-state index contributed by atoms with van der Waals surface area (Å²) in [7, 11) is -2.12. The summed E-state index contributed by atoms with van der Waals surface area (Å²) in [6.07, 6.45) is 3.52. The fourth-order valence-corrected chi connectivity index (χ4v) is 6.69. The quantitative estimate of drug-likeness (QED) is 0.527. The van der Waals surface area contributed by atoms with Crippen molar-refractivity contribution in [2.45, 2.75) is 51.0 Å². The van der Waals surface area contributed by atoms with Crippen LogP contribution in [0.5, 0.6) is 5.75 Å². The van der Waals surface area contributed by atoms with E-state index in [1.54, 1.807) is 12.1 Å². The summed E-state index contributed by atoms with van der Waals surface area (Å²) in [6.45, 7) is 4.23. The van der Waals surface area contributed by atoms with Crippen molar-refractivity contribution in [2.24, 2.45) is 5.41 Å². The van der Waals surface area contributed by atoms with E-state index in [1.165, 1.54) is 7.11 Å². The zero-order valence-corrected chi connectivity index (χ0v) is 20.4. The number of carbonyl (C=O) groups is 1. The molecule has 7 nitrogen and oxygen atoms in total. The molecule has 1 aliphatic rings. The van der Waals surface area contributed by atoms with Crippen LogP contribution in [0.25, 0.3) is 0 Å². The van der Waals surface area contributed by atoms with Gasteiger partial charge in [0.05, 0.1) is 30.1 Å². The van der Waals surface area contributed by atoms with Gasteiger partial charge in [0.2, 0.25) is 0 Å². The highest BCUT2D eigenvalue weighted by Gasteiger charge is 2.41. The minimum absolute atomic E-state index is 0.0572. The maximum Gasteiger partial charge on any atom is 0.329 e. The van der Waals surface area contributed by atoms with Gasteiger partial charge in [0.15, 0.2) is 9.84 Å². The highest BCUT2D eigenvalue weighted by Crippen LogP contribution is 2.46. The molecule has 180 valence electrons. The first-order valence-corrected chi connectivity index (χ1v) is 13.0. The monoisotopic (exact) mass is 475 g/mol. The van der Waals surface area contributed by atoms with Crippen LogP contribution in [0.4, 0.5) is 11.4 Å². The van der Waals surface area contributed by atoms with E-state index < -0.39 is 27.8 Å². The first-order valence-electron chi connectivity index (χ1n) is 11.3. The summed E-state index contributed by atoms with van der Waals surface area (Å²) in [4.78, 5) is 13.2. The lowest BCUT2D eigenvalue weighted by Crippen LogP contribution is -2.37. The third-order valence-electron chi connectivity index (χ3n) is 6.34. The topological polar surface area (TPSA) is 93.1 Å². The molecule has 33 heavy (non-hydrogen) atoms. The fraction of sp³-hybridized carbons (Fsp3) is 0.480. The van der Waals surface area contributed by atoms with Crippen LogP contribution in [0.2, 0.25) is 0 Å². The Labute approximate surface area is 196 Å². The molecule has 1 heterocycles. The van der Waals surface area contributed by atoms with Crippen molar-refractivity contribution in [3.8, 4) is 5.75 Å². The highest BCUT2D eigenvalue weighted by atomic mass is 32.2. The number of fused-ring (bicyclic) bond motifs is 1. The number of ether oxygens (including phenoxy) is 2. The van der Waals surface area contributed by atoms with E-state index in [9.17, 15) is 13.2 Å². The van der Waals surface area contributed by atoms with Gasteiger partial charge in [-0.05, 0) is 31.0 Å². The molecule has 0 amide bonds. The van der Waals surface area contributed by atoms with Gasteiger partial charge >= 0.3 is 5.97 Å². The first kappa shape index (κ1) is 25.1. The standard InChI is InChI=1S/C25H33NO6S/c1-4-6-12-25(5-2)17-26(20-10-8-7-9-11-20)21-14-22(31-3)19(15-32-16-24(27)28)13-23(21)33(29,30)18-25/h7-11,13-14H,4-6,12,15-18H2,1-3H3,(H,27,28)/t25-/m0/s1. The number of methoxy groups -OCH3 is 1. The van der Waals surface area contributed by atoms with Gasteiger partial charge in [-0.15, -0.1) is 0 Å². The molecule has 0 fully saturated rings. The minimum Gasteiger partial charge on any atom is -0.496 e. The Bertz CT molecular complexity index is 1070. The molecule has 3 rings (SSSR count). The molecule has 2 aromatic rings. The molecule has 0 aromatic heterocycles. The van der Waals surface area contributed by atoms with Gasteiger partial charge in [-0.1, -0.05) is 44.9 Å². The zero-order chi connectivity index (χ0) is 24.1. The van der Waals surface area contributed by atoms with E-state index in [-0.39, 0.29) is 17.3 Å². The van der Waals surface area contributed by atoms with Gasteiger partial charge in [-0.3, -0.25) is 0 Å². The van der Waals surface area contributed by atoms with Gasteiger partial charge in [0.25, 0.3) is 0 Å². The molecular weight excluding hydrogens is 442 g/mol. The molecule has 0 bridgehead atoms. The minimum atomic E-state index is -3.63. The van der Waals surface area contributed by atoms with Crippen LogP contribution in [0.1, 0.15) is 45.1 Å². The fourth-order valence-electron chi connectivity index (χ4n) is 4.48. The highest BCUT2D eigenvalue weighted by molar-refractivity contribution is 7.91. The van der Waals surface area contributed by atoms with Crippen molar-refractivity contribution >= 4 is 27.2 Å². The third-order valence-corrected chi connectivity index (χ3v) is 8.33. The van der Waals surface area contributed by atoms with Crippen LogP contribution in [0, 0.1) is 5.41 Å². The number of nitrogens with zero attached hydrogens (tertiary/aromatic N) is 1. The second-order valence-electron chi connectivity index (χ2n) is 8.66. The molecule has 1 aliphatic heterocycles. The Hall–Kier alpha value is -2.58. The molecule has 1 atom stereocenters. The van der Waals surface area contributed by atoms with Crippen molar-refractivity contribution in [1.29, 1.82) is 0 Å². The summed E-state index contributed by atoms with van der Waals surface area (Å²) in [5, 5.41) is 8.89. The number of aliphatic carboxylic acids is 1. The summed E-state index contributed by atoms with van der Waals surface area (Å²) in [5.74, 6) is -0.558. The Morgan fingerprint density at radius 1 is 1.18 bits per heavy atom. The van der Waals surface area contributed by atoms with Crippen molar-refractivity contribution < 1.29 is 27.8 Å². The average molecular weight is 476 g/mol. The molecule has 0 unspecified atom stereocenters. The van der Waals surface area contributed by atoms with Gasteiger partial charge in [-0.2, -0.15) is 0 Å². The third kappa shape index (κ3) is 5.68.